The summed E-state index contributed by atoms with van der Waals surface area (Å²) in [5.74, 6) is 1.68. The van der Waals surface area contributed by atoms with Crippen molar-refractivity contribution in [2.45, 2.75) is 39.7 Å². The molecule has 0 aliphatic carbocycles. The third kappa shape index (κ3) is 2.87. The van der Waals surface area contributed by atoms with Crippen LogP contribution in [0.5, 0.6) is 0 Å². The Morgan fingerprint density at radius 1 is 1.32 bits per heavy atom. The lowest BCUT2D eigenvalue weighted by atomic mass is 10.2. The summed E-state index contributed by atoms with van der Waals surface area (Å²) in [6, 6.07) is 2.18. The summed E-state index contributed by atoms with van der Waals surface area (Å²) < 4.78 is 5.71. The maximum Gasteiger partial charge on any atom is 0.161 e. The third-order valence-electron chi connectivity index (χ3n) is 3.07. The zero-order chi connectivity index (χ0) is 13.8. The van der Waals surface area contributed by atoms with Crippen LogP contribution in [0.4, 0.5) is 5.82 Å². The van der Waals surface area contributed by atoms with Crippen LogP contribution in [0.1, 0.15) is 44.0 Å². The maximum atomic E-state index is 5.71. The minimum atomic E-state index is -0.0197. The van der Waals surface area contributed by atoms with Gasteiger partial charge in [0.15, 0.2) is 5.82 Å². The summed E-state index contributed by atoms with van der Waals surface area (Å²) in [6.45, 7) is 6.94. The van der Waals surface area contributed by atoms with E-state index in [9.17, 15) is 0 Å². The Morgan fingerprint density at radius 3 is 2.68 bits per heavy atom. The molecule has 1 atom stereocenters. The summed E-state index contributed by atoms with van der Waals surface area (Å²) in [5, 5.41) is 4.28. The molecular formula is C14H21N3OS. The fraction of sp³-hybridized carbons (Fsp3) is 0.571. The Kier molecular flexibility index (Phi) is 4.71. The van der Waals surface area contributed by atoms with Gasteiger partial charge in [0.1, 0.15) is 16.8 Å². The summed E-state index contributed by atoms with van der Waals surface area (Å²) in [6.07, 6.45) is 1.89. The molecule has 104 valence electrons. The molecule has 0 saturated carbocycles. The van der Waals surface area contributed by atoms with Crippen LogP contribution in [0.2, 0.25) is 0 Å². The Bertz CT molecular complexity index is 553. The number of fused-ring (bicyclic) bond motifs is 1. The Hall–Kier alpha value is -1.20. The Morgan fingerprint density at radius 2 is 2.11 bits per heavy atom. The van der Waals surface area contributed by atoms with Crippen LogP contribution < -0.4 is 5.32 Å². The molecule has 2 heterocycles. The fourth-order valence-electron chi connectivity index (χ4n) is 2.07. The van der Waals surface area contributed by atoms with Crippen molar-refractivity contribution in [3.63, 3.8) is 0 Å². The van der Waals surface area contributed by atoms with Crippen LogP contribution >= 0.6 is 11.3 Å². The van der Waals surface area contributed by atoms with Crippen molar-refractivity contribution in [3.05, 3.63) is 16.8 Å². The van der Waals surface area contributed by atoms with Crippen LogP contribution in [0.3, 0.4) is 0 Å². The molecule has 0 saturated heterocycles. The van der Waals surface area contributed by atoms with Gasteiger partial charge in [-0.25, -0.2) is 9.97 Å². The first-order chi connectivity index (χ1) is 9.23. The van der Waals surface area contributed by atoms with E-state index in [0.717, 1.165) is 34.7 Å². The summed E-state index contributed by atoms with van der Waals surface area (Å²) >= 11 is 1.74. The predicted molar refractivity (Wildman–Crippen MR) is 81.0 cm³/mol. The second-order valence-electron chi connectivity index (χ2n) is 4.32. The highest BCUT2D eigenvalue weighted by Crippen LogP contribution is 2.31. The van der Waals surface area contributed by atoms with Crippen LogP contribution in [0.25, 0.3) is 10.2 Å². The van der Waals surface area contributed by atoms with Gasteiger partial charge in [-0.1, -0.05) is 13.8 Å². The van der Waals surface area contributed by atoms with E-state index in [0.29, 0.717) is 6.61 Å². The average Bonchev–Trinajstić information content (AvgIpc) is 2.86. The minimum absolute atomic E-state index is 0.0197. The minimum Gasteiger partial charge on any atom is -0.372 e. The highest BCUT2D eigenvalue weighted by molar-refractivity contribution is 7.18. The van der Waals surface area contributed by atoms with E-state index in [2.05, 4.69) is 35.2 Å². The molecule has 1 N–H and O–H groups in total. The summed E-state index contributed by atoms with van der Waals surface area (Å²) in [7, 11) is 1.90. The van der Waals surface area contributed by atoms with Gasteiger partial charge in [-0.15, -0.1) is 11.3 Å². The molecule has 0 aromatic carbocycles. The molecule has 0 aliphatic rings. The molecule has 0 radical (unpaired) electrons. The van der Waals surface area contributed by atoms with Gasteiger partial charge < -0.3 is 10.1 Å². The zero-order valence-corrected chi connectivity index (χ0v) is 12.8. The SMILES string of the molecule is CCOC(CC)c1nc(NC)c2cc(CC)sc2n1. The number of thiophene rings is 1. The molecule has 0 amide bonds. The van der Waals surface area contributed by atoms with E-state index in [-0.39, 0.29) is 6.10 Å². The van der Waals surface area contributed by atoms with Crippen molar-refractivity contribution in [3.8, 4) is 0 Å². The molecule has 0 bridgehead atoms. The van der Waals surface area contributed by atoms with Gasteiger partial charge in [0.2, 0.25) is 0 Å². The van der Waals surface area contributed by atoms with Crippen molar-refractivity contribution < 1.29 is 4.74 Å². The molecule has 1 unspecified atom stereocenters. The number of aromatic nitrogens is 2. The zero-order valence-electron chi connectivity index (χ0n) is 12.0. The quantitative estimate of drug-likeness (QED) is 0.874. The molecular weight excluding hydrogens is 258 g/mol. The lowest BCUT2D eigenvalue weighted by Crippen LogP contribution is -2.09. The lowest BCUT2D eigenvalue weighted by Gasteiger charge is -2.14. The second kappa shape index (κ2) is 6.30. The highest BCUT2D eigenvalue weighted by atomic mass is 32.1. The first-order valence-corrected chi connectivity index (χ1v) is 7.64. The van der Waals surface area contributed by atoms with Crippen molar-refractivity contribution in [2.75, 3.05) is 19.0 Å². The van der Waals surface area contributed by atoms with E-state index in [1.54, 1.807) is 11.3 Å². The molecule has 5 heteroatoms. The molecule has 0 fully saturated rings. The summed E-state index contributed by atoms with van der Waals surface area (Å²) in [5.41, 5.74) is 0. The van der Waals surface area contributed by atoms with Gasteiger partial charge >= 0.3 is 0 Å². The third-order valence-corrected chi connectivity index (χ3v) is 4.25. The van der Waals surface area contributed by atoms with Gasteiger partial charge in [-0.3, -0.25) is 0 Å². The van der Waals surface area contributed by atoms with Gasteiger partial charge in [0.05, 0.1) is 5.39 Å². The van der Waals surface area contributed by atoms with Crippen LogP contribution in [-0.4, -0.2) is 23.6 Å². The largest absolute Gasteiger partial charge is 0.372 e. The topological polar surface area (TPSA) is 47.0 Å². The molecule has 4 nitrogen and oxygen atoms in total. The Balaban J connectivity index is 2.51. The molecule has 2 aromatic heterocycles. The van der Waals surface area contributed by atoms with Crippen molar-refractivity contribution in [2.24, 2.45) is 0 Å². The molecule has 2 rings (SSSR count). The molecule has 19 heavy (non-hydrogen) atoms. The fourth-order valence-corrected chi connectivity index (χ4v) is 3.05. The number of hydrogen-bond acceptors (Lipinski definition) is 5. The monoisotopic (exact) mass is 279 g/mol. The van der Waals surface area contributed by atoms with Crippen LogP contribution in [-0.2, 0) is 11.2 Å². The standard InChI is InChI=1S/C14H21N3OS/c1-5-9-8-10-12(15-4)16-13(17-14(10)19-9)11(6-2)18-7-3/h8,11H,5-7H2,1-4H3,(H,15,16,17). The number of anilines is 1. The number of rotatable bonds is 6. The number of ether oxygens (including phenoxy) is 1. The van der Waals surface area contributed by atoms with E-state index >= 15 is 0 Å². The van der Waals surface area contributed by atoms with Crippen LogP contribution in [0, 0.1) is 0 Å². The van der Waals surface area contributed by atoms with Crippen LogP contribution in [0.15, 0.2) is 6.07 Å². The van der Waals surface area contributed by atoms with Gasteiger partial charge in [-0.05, 0) is 25.8 Å². The first-order valence-electron chi connectivity index (χ1n) is 6.83. The van der Waals surface area contributed by atoms with Crippen molar-refractivity contribution >= 4 is 27.4 Å². The maximum absolute atomic E-state index is 5.71. The van der Waals surface area contributed by atoms with Crippen molar-refractivity contribution in [1.82, 2.24) is 9.97 Å². The summed E-state index contributed by atoms with van der Waals surface area (Å²) in [4.78, 5) is 11.7. The van der Waals surface area contributed by atoms with Gasteiger partial charge in [0, 0.05) is 18.5 Å². The Labute approximate surface area is 118 Å². The van der Waals surface area contributed by atoms with E-state index in [4.69, 9.17) is 4.74 Å². The van der Waals surface area contributed by atoms with Gasteiger partial charge in [0.25, 0.3) is 0 Å². The normalized spacial score (nSPS) is 12.8. The predicted octanol–water partition coefficient (Wildman–Crippen LogP) is 3.78. The molecule has 0 spiro atoms. The lowest BCUT2D eigenvalue weighted by molar-refractivity contribution is 0.0539. The van der Waals surface area contributed by atoms with E-state index in [1.165, 1.54) is 4.88 Å². The molecule has 2 aromatic rings. The smallest absolute Gasteiger partial charge is 0.161 e. The first kappa shape index (κ1) is 14.2. The number of hydrogen-bond donors (Lipinski definition) is 1. The number of nitrogens with one attached hydrogen (secondary N) is 1. The molecule has 0 aliphatic heterocycles. The number of aryl methyl sites for hydroxylation is 1. The van der Waals surface area contributed by atoms with E-state index in [1.807, 2.05) is 14.0 Å². The second-order valence-corrected chi connectivity index (χ2v) is 5.43. The number of nitrogens with zero attached hydrogens (tertiary/aromatic N) is 2. The average molecular weight is 279 g/mol. The highest BCUT2D eigenvalue weighted by Gasteiger charge is 2.17. The van der Waals surface area contributed by atoms with Gasteiger partial charge in [-0.2, -0.15) is 0 Å². The van der Waals surface area contributed by atoms with Crippen molar-refractivity contribution in [1.29, 1.82) is 0 Å². The van der Waals surface area contributed by atoms with E-state index < -0.39 is 0 Å².